The van der Waals surface area contributed by atoms with Crippen LogP contribution < -0.4 is 29.7 Å². The number of H-pyrrole nitrogens is 1. The van der Waals surface area contributed by atoms with Gasteiger partial charge in [0.25, 0.3) is 0 Å². The van der Waals surface area contributed by atoms with Crippen molar-refractivity contribution in [1.29, 1.82) is 0 Å². The van der Waals surface area contributed by atoms with Gasteiger partial charge < -0.3 is 20.6 Å². The Balaban J connectivity index is 0.00000128. The third-order valence-corrected chi connectivity index (χ3v) is 2.42. The topological polar surface area (TPSA) is 81.9 Å². The van der Waals surface area contributed by atoms with E-state index in [-0.39, 0.29) is 25.3 Å². The van der Waals surface area contributed by atoms with Crippen LogP contribution in [0, 0.1) is 0 Å². The van der Waals surface area contributed by atoms with Crippen molar-refractivity contribution in [2.75, 3.05) is 0 Å². The van der Waals surface area contributed by atoms with E-state index in [1.165, 1.54) is 0 Å². The van der Waals surface area contributed by atoms with Crippen LogP contribution in [-0.4, -0.2) is 17.0 Å². The third kappa shape index (κ3) is 2.48. The number of carbonyl (C=O) groups is 1. The molecule has 1 unspecified atom stereocenters. The molecule has 4 nitrogen and oxygen atoms in total. The molecule has 2 aromatic rings. The summed E-state index contributed by atoms with van der Waals surface area (Å²) >= 11 is 0. The monoisotopic (exact) mass is 210 g/mol. The fourth-order valence-electron chi connectivity index (χ4n) is 1.62. The first kappa shape index (κ1) is 12.9. The van der Waals surface area contributed by atoms with Crippen LogP contribution in [-0.2, 0) is 11.2 Å². The van der Waals surface area contributed by atoms with Crippen molar-refractivity contribution in [3.05, 3.63) is 36.0 Å². The molecule has 0 amide bonds. The van der Waals surface area contributed by atoms with E-state index in [1.807, 2.05) is 24.3 Å². The summed E-state index contributed by atoms with van der Waals surface area (Å²) in [6.07, 6.45) is 2.07. The zero-order chi connectivity index (χ0) is 10.8. The Bertz CT molecular complexity index is 495. The van der Waals surface area contributed by atoms with E-state index in [0.717, 1.165) is 16.5 Å². The molecule has 78 valence electrons. The largest absolute Gasteiger partial charge is 1.00 e. The van der Waals surface area contributed by atoms with E-state index in [2.05, 4.69) is 4.98 Å². The van der Waals surface area contributed by atoms with Crippen molar-refractivity contribution in [3.63, 3.8) is 0 Å². The van der Waals surface area contributed by atoms with Crippen molar-refractivity contribution in [3.8, 4) is 0 Å². The van der Waals surface area contributed by atoms with Crippen LogP contribution in [0.25, 0.3) is 10.9 Å². The average molecular weight is 210 g/mol. The van der Waals surface area contributed by atoms with Crippen LogP contribution in [0.1, 0.15) is 5.56 Å². The van der Waals surface area contributed by atoms with Crippen LogP contribution >= 0.6 is 0 Å². The molecule has 0 saturated carbocycles. The van der Waals surface area contributed by atoms with E-state index >= 15 is 0 Å². The van der Waals surface area contributed by atoms with Gasteiger partial charge in [0.2, 0.25) is 0 Å². The van der Waals surface area contributed by atoms with Gasteiger partial charge in [-0.25, -0.2) is 0 Å². The molecule has 0 bridgehead atoms. The summed E-state index contributed by atoms with van der Waals surface area (Å²) in [7, 11) is 0. The molecule has 0 aliphatic rings. The van der Waals surface area contributed by atoms with Gasteiger partial charge in [0.15, 0.2) is 0 Å². The maximum atomic E-state index is 10.5. The molecule has 2 rings (SSSR count). The van der Waals surface area contributed by atoms with Crippen LogP contribution in [0.4, 0.5) is 0 Å². The number of nitrogens with one attached hydrogen (secondary N) is 1. The molecule has 0 aliphatic carbocycles. The molecular formula is C11H11LiN2O2. The van der Waals surface area contributed by atoms with Gasteiger partial charge in [0.05, 0.1) is 5.97 Å². The Hall–Kier alpha value is -1.21. The molecule has 0 spiro atoms. The third-order valence-electron chi connectivity index (χ3n) is 2.42. The van der Waals surface area contributed by atoms with E-state index in [1.54, 1.807) is 6.20 Å². The second-order valence-corrected chi connectivity index (χ2v) is 3.49. The number of carbonyl (C=O) groups excluding carboxylic acids is 1. The van der Waals surface area contributed by atoms with Crippen molar-refractivity contribution < 1.29 is 28.8 Å². The zero-order valence-electron chi connectivity index (χ0n) is 9.07. The quantitative estimate of drug-likeness (QED) is 0.523. The Morgan fingerprint density at radius 1 is 1.44 bits per heavy atom. The summed E-state index contributed by atoms with van der Waals surface area (Å²) in [6, 6.07) is 6.74. The number of para-hydroxylation sites is 1. The molecule has 0 radical (unpaired) electrons. The Morgan fingerprint density at radius 2 is 2.12 bits per heavy atom. The molecule has 0 fully saturated rings. The minimum atomic E-state index is -1.22. The first-order chi connectivity index (χ1) is 7.18. The summed E-state index contributed by atoms with van der Waals surface area (Å²) in [5.41, 5.74) is 7.31. The van der Waals surface area contributed by atoms with Crippen molar-refractivity contribution >= 4 is 16.9 Å². The zero-order valence-corrected chi connectivity index (χ0v) is 9.07. The van der Waals surface area contributed by atoms with Crippen molar-refractivity contribution in [1.82, 2.24) is 4.98 Å². The molecule has 1 aromatic carbocycles. The van der Waals surface area contributed by atoms with Crippen LogP contribution in [0.15, 0.2) is 30.5 Å². The van der Waals surface area contributed by atoms with Gasteiger partial charge in [-0.1, -0.05) is 18.2 Å². The average Bonchev–Trinajstić information content (AvgIpc) is 2.62. The molecule has 3 N–H and O–H groups in total. The Labute approximate surface area is 105 Å². The molecule has 16 heavy (non-hydrogen) atoms. The van der Waals surface area contributed by atoms with E-state index in [9.17, 15) is 9.90 Å². The normalized spacial score (nSPS) is 12.1. The van der Waals surface area contributed by atoms with E-state index in [0.29, 0.717) is 0 Å². The molecule has 1 aromatic heterocycles. The second kappa shape index (κ2) is 5.22. The van der Waals surface area contributed by atoms with Crippen molar-refractivity contribution in [2.24, 2.45) is 5.73 Å². The summed E-state index contributed by atoms with van der Waals surface area (Å²) in [5.74, 6) is -1.22. The fraction of sp³-hybridized carbons (Fsp3) is 0.182. The number of benzene rings is 1. The Morgan fingerprint density at radius 3 is 2.81 bits per heavy atom. The fourth-order valence-corrected chi connectivity index (χ4v) is 1.62. The molecular weight excluding hydrogens is 199 g/mol. The summed E-state index contributed by atoms with van der Waals surface area (Å²) in [4.78, 5) is 13.6. The molecule has 1 atom stereocenters. The van der Waals surface area contributed by atoms with Crippen LogP contribution in [0.2, 0.25) is 0 Å². The number of hydrogen-bond acceptors (Lipinski definition) is 3. The smallest absolute Gasteiger partial charge is 0.548 e. The first-order valence-electron chi connectivity index (χ1n) is 4.70. The standard InChI is InChI=1S/C11H12N2O2.Li/c12-9(11(14)15)5-7-6-13-10-4-2-1-3-8(7)10;/h1-4,6,9,13H,5,12H2,(H,14,15);/q;+1/p-1. The number of hydrogen-bond donors (Lipinski definition) is 2. The van der Waals surface area contributed by atoms with Gasteiger partial charge in [-0.2, -0.15) is 0 Å². The number of aromatic nitrogens is 1. The van der Waals surface area contributed by atoms with Crippen molar-refractivity contribution in [2.45, 2.75) is 12.5 Å². The van der Waals surface area contributed by atoms with E-state index in [4.69, 9.17) is 5.73 Å². The maximum Gasteiger partial charge on any atom is 1.00 e. The molecule has 1 heterocycles. The summed E-state index contributed by atoms with van der Waals surface area (Å²) in [6.45, 7) is 0. The molecule has 0 aliphatic heterocycles. The predicted octanol–water partition coefficient (Wildman–Crippen LogP) is -3.21. The first-order valence-corrected chi connectivity index (χ1v) is 4.70. The van der Waals surface area contributed by atoms with Crippen LogP contribution in [0.5, 0.6) is 0 Å². The summed E-state index contributed by atoms with van der Waals surface area (Å²) in [5, 5.41) is 11.5. The predicted molar refractivity (Wildman–Crippen MR) is 55.0 cm³/mol. The number of rotatable bonds is 3. The number of aliphatic carboxylic acids is 1. The number of aromatic amines is 1. The van der Waals surface area contributed by atoms with Crippen LogP contribution in [0.3, 0.4) is 0 Å². The molecule has 5 heteroatoms. The number of nitrogens with two attached hydrogens (primary N) is 1. The van der Waals surface area contributed by atoms with E-state index < -0.39 is 12.0 Å². The Kier molecular flexibility index (Phi) is 4.19. The number of fused-ring (bicyclic) bond motifs is 1. The van der Waals surface area contributed by atoms with Gasteiger partial charge >= 0.3 is 18.9 Å². The van der Waals surface area contributed by atoms with Gasteiger partial charge in [0, 0.05) is 23.1 Å². The number of carboxylic acid groups (broad SMARTS) is 1. The minimum Gasteiger partial charge on any atom is -0.548 e. The van der Waals surface area contributed by atoms with Gasteiger partial charge in [-0.3, -0.25) is 0 Å². The maximum absolute atomic E-state index is 10.5. The second-order valence-electron chi connectivity index (χ2n) is 3.49. The summed E-state index contributed by atoms with van der Waals surface area (Å²) < 4.78 is 0. The van der Waals surface area contributed by atoms with Gasteiger partial charge in [-0.05, 0) is 18.1 Å². The number of carboxylic acids is 1. The molecule has 0 saturated heterocycles. The SMILES string of the molecule is NC(Cc1c[nH]c2ccccc12)C(=O)[O-].[Li+]. The van der Waals surface area contributed by atoms with Gasteiger partial charge in [0.1, 0.15) is 0 Å². The minimum absolute atomic E-state index is 0. The van der Waals surface area contributed by atoms with Gasteiger partial charge in [-0.15, -0.1) is 0 Å².